The SMILES string of the molecule is COCCn1c(CN(CCN2CCOCC2)C(=O)CC(C)(C)C)cnc1S(=O)(=O)Cc1cccc(OC)c1. The highest BCUT2D eigenvalue weighted by Crippen LogP contribution is 2.23. The standard InChI is InChI=1S/C27H42N4O6S/c1-27(2,3)18-25(32)30(10-9-29-11-15-37-16-12-29)20-23-19-28-26(31(23)13-14-35-4)38(33,34)21-22-7-6-8-24(17-22)36-5/h6-8,17,19H,9-16,18,20-21H2,1-5H3. The van der Waals surface area contributed by atoms with Gasteiger partial charge in [0, 0.05) is 46.3 Å². The zero-order chi connectivity index (χ0) is 27.8. The molecule has 1 fully saturated rings. The maximum atomic E-state index is 13.5. The molecule has 3 rings (SSSR count). The second-order valence-corrected chi connectivity index (χ2v) is 12.7. The second-order valence-electron chi connectivity index (χ2n) is 10.8. The molecule has 0 unspecified atom stereocenters. The van der Waals surface area contributed by atoms with Crippen LogP contribution in [-0.4, -0.2) is 93.9 Å². The number of imidazole rings is 1. The summed E-state index contributed by atoms with van der Waals surface area (Å²) in [6.45, 7) is 11.3. The van der Waals surface area contributed by atoms with Crippen LogP contribution in [0, 0.1) is 5.41 Å². The summed E-state index contributed by atoms with van der Waals surface area (Å²) in [6.07, 6.45) is 1.96. The van der Waals surface area contributed by atoms with E-state index in [0.717, 1.165) is 19.6 Å². The number of nitrogens with zero attached hydrogens (tertiary/aromatic N) is 4. The van der Waals surface area contributed by atoms with E-state index in [4.69, 9.17) is 14.2 Å². The molecule has 1 aliphatic heterocycles. The molecule has 0 N–H and O–H groups in total. The lowest BCUT2D eigenvalue weighted by molar-refractivity contribution is -0.134. The highest BCUT2D eigenvalue weighted by molar-refractivity contribution is 7.90. The van der Waals surface area contributed by atoms with Crippen LogP contribution in [0.25, 0.3) is 0 Å². The molecule has 0 aliphatic carbocycles. The van der Waals surface area contributed by atoms with E-state index >= 15 is 0 Å². The summed E-state index contributed by atoms with van der Waals surface area (Å²) in [4.78, 5) is 21.8. The van der Waals surface area contributed by atoms with Crippen LogP contribution in [0.1, 0.15) is 38.4 Å². The van der Waals surface area contributed by atoms with E-state index in [2.05, 4.69) is 9.88 Å². The lowest BCUT2D eigenvalue weighted by atomic mass is 9.91. The number of aromatic nitrogens is 2. The summed E-state index contributed by atoms with van der Waals surface area (Å²) in [6, 6.07) is 6.99. The maximum absolute atomic E-state index is 13.5. The molecular weight excluding hydrogens is 508 g/mol. The Hall–Kier alpha value is -2.47. The first-order chi connectivity index (χ1) is 18.0. The third-order valence-corrected chi connectivity index (χ3v) is 7.96. The Kier molecular flexibility index (Phi) is 10.7. The summed E-state index contributed by atoms with van der Waals surface area (Å²) in [5, 5.41) is -0.0243. The lowest BCUT2D eigenvalue weighted by Crippen LogP contribution is -2.43. The largest absolute Gasteiger partial charge is 0.497 e. The van der Waals surface area contributed by atoms with Gasteiger partial charge >= 0.3 is 0 Å². The molecule has 0 spiro atoms. The zero-order valence-corrected chi connectivity index (χ0v) is 24.1. The minimum Gasteiger partial charge on any atom is -0.497 e. The topological polar surface area (TPSA) is 103 Å². The molecule has 0 saturated carbocycles. The van der Waals surface area contributed by atoms with Crippen LogP contribution < -0.4 is 4.74 Å². The zero-order valence-electron chi connectivity index (χ0n) is 23.3. The van der Waals surface area contributed by atoms with Gasteiger partial charge in [0.15, 0.2) is 0 Å². The maximum Gasteiger partial charge on any atom is 0.228 e. The molecule has 1 aromatic heterocycles. The number of morpholine rings is 1. The van der Waals surface area contributed by atoms with Gasteiger partial charge in [0.1, 0.15) is 5.75 Å². The number of rotatable bonds is 13. The van der Waals surface area contributed by atoms with Crippen molar-refractivity contribution in [1.29, 1.82) is 0 Å². The van der Waals surface area contributed by atoms with Gasteiger partial charge in [-0.05, 0) is 23.1 Å². The van der Waals surface area contributed by atoms with Crippen LogP contribution in [0.15, 0.2) is 35.6 Å². The summed E-state index contributed by atoms with van der Waals surface area (Å²) >= 11 is 0. The molecule has 212 valence electrons. The van der Waals surface area contributed by atoms with E-state index in [9.17, 15) is 13.2 Å². The predicted octanol–water partition coefficient (Wildman–Crippen LogP) is 2.61. The lowest BCUT2D eigenvalue weighted by Gasteiger charge is -2.31. The molecule has 1 aromatic carbocycles. The fourth-order valence-electron chi connectivity index (χ4n) is 4.37. The van der Waals surface area contributed by atoms with Crippen molar-refractivity contribution in [3.63, 3.8) is 0 Å². The van der Waals surface area contributed by atoms with Crippen molar-refractivity contribution < 1.29 is 27.4 Å². The third-order valence-electron chi connectivity index (χ3n) is 6.37. The Morgan fingerprint density at radius 1 is 1.16 bits per heavy atom. The first-order valence-corrected chi connectivity index (χ1v) is 14.6. The molecule has 2 heterocycles. The van der Waals surface area contributed by atoms with Crippen LogP contribution >= 0.6 is 0 Å². The molecular formula is C27H42N4O6S. The highest BCUT2D eigenvalue weighted by atomic mass is 32.2. The fourth-order valence-corrected chi connectivity index (χ4v) is 5.88. The molecule has 38 heavy (non-hydrogen) atoms. The third kappa shape index (κ3) is 8.79. The molecule has 0 radical (unpaired) electrons. The van der Waals surface area contributed by atoms with E-state index in [1.54, 1.807) is 49.2 Å². The van der Waals surface area contributed by atoms with Crippen molar-refractivity contribution in [3.05, 3.63) is 41.7 Å². The van der Waals surface area contributed by atoms with E-state index in [1.807, 2.05) is 25.7 Å². The van der Waals surface area contributed by atoms with Crippen LogP contribution in [-0.2, 0) is 42.9 Å². The van der Waals surface area contributed by atoms with E-state index in [1.165, 1.54) is 0 Å². The predicted molar refractivity (Wildman–Crippen MR) is 145 cm³/mol. The minimum atomic E-state index is -3.78. The Morgan fingerprint density at radius 3 is 2.55 bits per heavy atom. The summed E-state index contributed by atoms with van der Waals surface area (Å²) < 4.78 is 44.6. The minimum absolute atomic E-state index is 0.0243. The smallest absolute Gasteiger partial charge is 0.228 e. The number of amides is 1. The summed E-state index contributed by atoms with van der Waals surface area (Å²) in [5.41, 5.74) is 1.10. The number of ether oxygens (including phenoxy) is 3. The Labute approximate surface area is 226 Å². The van der Waals surface area contributed by atoms with Gasteiger partial charge in [0.05, 0.1) is 51.1 Å². The Bertz CT molecular complexity index is 1150. The first kappa shape index (κ1) is 30.1. The highest BCUT2D eigenvalue weighted by Gasteiger charge is 2.27. The van der Waals surface area contributed by atoms with Crippen LogP contribution in [0.3, 0.4) is 0 Å². The molecule has 11 heteroatoms. The number of hydrogen-bond donors (Lipinski definition) is 0. The summed E-state index contributed by atoms with van der Waals surface area (Å²) in [7, 11) is -0.661. The van der Waals surface area contributed by atoms with Gasteiger partial charge < -0.3 is 23.7 Å². The number of sulfone groups is 1. The van der Waals surface area contributed by atoms with Crippen LogP contribution in [0.2, 0.25) is 0 Å². The van der Waals surface area contributed by atoms with Crippen molar-refractivity contribution in [2.24, 2.45) is 5.41 Å². The van der Waals surface area contributed by atoms with Gasteiger partial charge in [-0.3, -0.25) is 9.69 Å². The number of carbonyl (C=O) groups is 1. The Morgan fingerprint density at radius 2 is 1.89 bits per heavy atom. The van der Waals surface area contributed by atoms with Crippen molar-refractivity contribution in [2.75, 3.05) is 60.2 Å². The first-order valence-electron chi connectivity index (χ1n) is 13.0. The molecule has 0 bridgehead atoms. The molecule has 1 amide bonds. The van der Waals surface area contributed by atoms with Gasteiger partial charge in [0.25, 0.3) is 0 Å². The second kappa shape index (κ2) is 13.5. The molecule has 10 nitrogen and oxygen atoms in total. The molecule has 1 aliphatic rings. The normalized spacial score (nSPS) is 15.0. The van der Waals surface area contributed by atoms with E-state index in [0.29, 0.717) is 56.3 Å². The van der Waals surface area contributed by atoms with E-state index < -0.39 is 9.84 Å². The van der Waals surface area contributed by atoms with Gasteiger partial charge in [-0.1, -0.05) is 32.9 Å². The molecule has 2 aromatic rings. The van der Waals surface area contributed by atoms with Gasteiger partial charge in [-0.2, -0.15) is 0 Å². The summed E-state index contributed by atoms with van der Waals surface area (Å²) in [5.74, 6) is 0.414. The number of methoxy groups -OCH3 is 2. The van der Waals surface area contributed by atoms with Crippen molar-refractivity contribution in [1.82, 2.24) is 19.4 Å². The average molecular weight is 551 g/mol. The van der Waals surface area contributed by atoms with E-state index in [-0.39, 0.29) is 28.8 Å². The Balaban J connectivity index is 1.87. The van der Waals surface area contributed by atoms with Gasteiger partial charge in [-0.15, -0.1) is 0 Å². The fraction of sp³-hybridized carbons (Fsp3) is 0.630. The quantitative estimate of drug-likeness (QED) is 0.375. The van der Waals surface area contributed by atoms with Gasteiger partial charge in [-0.25, -0.2) is 13.4 Å². The van der Waals surface area contributed by atoms with Gasteiger partial charge in [0.2, 0.25) is 20.9 Å². The molecule has 1 saturated heterocycles. The average Bonchev–Trinajstić information content (AvgIpc) is 3.28. The number of carbonyl (C=O) groups excluding carboxylic acids is 1. The molecule has 0 atom stereocenters. The van der Waals surface area contributed by atoms with Crippen LogP contribution in [0.4, 0.5) is 0 Å². The van der Waals surface area contributed by atoms with Crippen molar-refractivity contribution in [3.8, 4) is 5.75 Å². The van der Waals surface area contributed by atoms with Crippen molar-refractivity contribution >= 4 is 15.7 Å². The monoisotopic (exact) mass is 550 g/mol. The number of benzene rings is 1. The number of hydrogen-bond acceptors (Lipinski definition) is 8. The van der Waals surface area contributed by atoms with Crippen LogP contribution in [0.5, 0.6) is 5.75 Å². The van der Waals surface area contributed by atoms with Crippen molar-refractivity contribution in [2.45, 2.75) is 51.2 Å².